The molecule has 9 aromatic carbocycles. The van der Waals surface area contributed by atoms with Crippen LogP contribution in [0.4, 0.5) is 0 Å². The van der Waals surface area contributed by atoms with Gasteiger partial charge in [-0.1, -0.05) is 182 Å². The maximum absolute atomic E-state index is 5.37. The summed E-state index contributed by atoms with van der Waals surface area (Å²) in [4.78, 5) is 10.5. The van der Waals surface area contributed by atoms with Gasteiger partial charge in [0, 0.05) is 21.9 Å². The number of hydrogen-bond donors (Lipinski definition) is 0. The number of hydrogen-bond acceptors (Lipinski definition) is 2. The van der Waals surface area contributed by atoms with Gasteiger partial charge in [0.05, 0.1) is 22.4 Å². The van der Waals surface area contributed by atoms with Gasteiger partial charge in [-0.2, -0.15) is 0 Å². The number of benzene rings is 9. The van der Waals surface area contributed by atoms with Crippen molar-refractivity contribution in [1.82, 2.24) is 9.97 Å². The standard InChI is InChI=1S/C54H34N2/c1-4-14-36(15-5-1)49-31-27-39-23-24-40-28-32-50(56-54(40)53(39)55-49)42-26-30-46-48(34-42)52(38-18-8-3-9-19-38)45-29-25-41(33-47(45)51(46)37-16-6-2-7-17-37)44-22-12-20-35-13-10-11-21-43(35)44/h1-34H. The molecule has 0 saturated heterocycles. The SMILES string of the molecule is c1ccc(-c2ccc3ccc4ccc(-c5ccc6c(-c7ccccc7)c7cc(-c8cccc9ccccc89)ccc7c(-c7ccccc7)c6c5)nc4c3n2)cc1. The molecule has 0 aliphatic carbocycles. The lowest BCUT2D eigenvalue weighted by Gasteiger charge is -2.20. The fourth-order valence-corrected chi connectivity index (χ4v) is 8.56. The summed E-state index contributed by atoms with van der Waals surface area (Å²) < 4.78 is 0. The van der Waals surface area contributed by atoms with Gasteiger partial charge >= 0.3 is 0 Å². The van der Waals surface area contributed by atoms with E-state index in [1.165, 1.54) is 65.7 Å². The van der Waals surface area contributed by atoms with E-state index in [-0.39, 0.29) is 0 Å². The van der Waals surface area contributed by atoms with Crippen molar-refractivity contribution in [3.05, 3.63) is 206 Å². The lowest BCUT2D eigenvalue weighted by atomic mass is 9.84. The van der Waals surface area contributed by atoms with Crippen LogP contribution in [0.1, 0.15) is 0 Å². The van der Waals surface area contributed by atoms with Crippen LogP contribution in [0.25, 0.3) is 110 Å². The van der Waals surface area contributed by atoms with E-state index in [1.54, 1.807) is 0 Å². The first-order chi connectivity index (χ1) is 27.8. The fraction of sp³-hybridized carbons (Fsp3) is 0. The first kappa shape index (κ1) is 32.0. The van der Waals surface area contributed by atoms with E-state index >= 15 is 0 Å². The lowest BCUT2D eigenvalue weighted by Crippen LogP contribution is -1.94. The Balaban J connectivity index is 1.18. The molecule has 0 aliphatic rings. The highest BCUT2D eigenvalue weighted by atomic mass is 14.8. The summed E-state index contributed by atoms with van der Waals surface area (Å²) in [6, 6.07) is 74.1. The summed E-state index contributed by atoms with van der Waals surface area (Å²) in [5, 5.41) is 9.51. The van der Waals surface area contributed by atoms with Crippen molar-refractivity contribution in [2.45, 2.75) is 0 Å². The van der Waals surface area contributed by atoms with Crippen molar-refractivity contribution in [2.24, 2.45) is 0 Å². The number of aromatic nitrogens is 2. The molecule has 2 heteroatoms. The number of rotatable bonds is 5. The van der Waals surface area contributed by atoms with E-state index in [4.69, 9.17) is 9.97 Å². The molecule has 0 bridgehead atoms. The predicted molar refractivity (Wildman–Crippen MR) is 237 cm³/mol. The van der Waals surface area contributed by atoms with Crippen LogP contribution in [-0.2, 0) is 0 Å². The van der Waals surface area contributed by atoms with Crippen molar-refractivity contribution in [3.8, 4) is 55.9 Å². The third-order valence-corrected chi connectivity index (χ3v) is 11.2. The van der Waals surface area contributed by atoms with E-state index < -0.39 is 0 Å². The van der Waals surface area contributed by atoms with Gasteiger partial charge < -0.3 is 0 Å². The van der Waals surface area contributed by atoms with Gasteiger partial charge in [0.15, 0.2) is 0 Å². The Bertz CT molecular complexity index is 3270. The van der Waals surface area contributed by atoms with Gasteiger partial charge in [-0.25, -0.2) is 9.97 Å². The van der Waals surface area contributed by atoms with Gasteiger partial charge in [-0.05, 0) is 90.0 Å². The summed E-state index contributed by atoms with van der Waals surface area (Å²) in [6.07, 6.45) is 0. The number of fused-ring (bicyclic) bond motifs is 6. The van der Waals surface area contributed by atoms with E-state index in [2.05, 4.69) is 200 Å². The molecule has 0 fully saturated rings. The Morgan fingerprint density at radius 1 is 0.250 bits per heavy atom. The quantitative estimate of drug-likeness (QED) is 0.131. The minimum atomic E-state index is 0.908. The molecule has 0 atom stereocenters. The molecule has 2 aromatic heterocycles. The van der Waals surface area contributed by atoms with Gasteiger partial charge in [-0.3, -0.25) is 0 Å². The Morgan fingerprint density at radius 3 is 1.32 bits per heavy atom. The van der Waals surface area contributed by atoms with Crippen LogP contribution in [0.15, 0.2) is 206 Å². The maximum Gasteiger partial charge on any atom is 0.0972 e. The largest absolute Gasteiger partial charge is 0.245 e. The third-order valence-electron chi connectivity index (χ3n) is 11.2. The Hall–Kier alpha value is -7.42. The first-order valence-corrected chi connectivity index (χ1v) is 19.2. The molecule has 0 amide bonds. The fourth-order valence-electron chi connectivity index (χ4n) is 8.56. The molecule has 56 heavy (non-hydrogen) atoms. The topological polar surface area (TPSA) is 25.8 Å². The Morgan fingerprint density at radius 2 is 0.714 bits per heavy atom. The molecule has 0 saturated carbocycles. The minimum Gasteiger partial charge on any atom is -0.245 e. The second-order valence-electron chi connectivity index (χ2n) is 14.5. The highest BCUT2D eigenvalue weighted by Gasteiger charge is 2.19. The average Bonchev–Trinajstić information content (AvgIpc) is 3.28. The zero-order valence-corrected chi connectivity index (χ0v) is 30.5. The maximum atomic E-state index is 5.37. The molecule has 0 unspecified atom stereocenters. The monoisotopic (exact) mass is 710 g/mol. The highest BCUT2D eigenvalue weighted by molar-refractivity contribution is 6.22. The van der Waals surface area contributed by atoms with E-state index in [9.17, 15) is 0 Å². The zero-order valence-electron chi connectivity index (χ0n) is 30.5. The first-order valence-electron chi connectivity index (χ1n) is 19.2. The van der Waals surface area contributed by atoms with Crippen LogP contribution in [-0.4, -0.2) is 9.97 Å². The normalized spacial score (nSPS) is 11.6. The number of pyridine rings is 2. The Labute approximate surface area is 325 Å². The van der Waals surface area contributed by atoms with Gasteiger partial charge in [0.25, 0.3) is 0 Å². The van der Waals surface area contributed by atoms with Crippen LogP contribution in [0, 0.1) is 0 Å². The van der Waals surface area contributed by atoms with Gasteiger partial charge in [-0.15, -0.1) is 0 Å². The van der Waals surface area contributed by atoms with Crippen molar-refractivity contribution in [2.75, 3.05) is 0 Å². The van der Waals surface area contributed by atoms with Gasteiger partial charge in [0.2, 0.25) is 0 Å². The van der Waals surface area contributed by atoms with Crippen LogP contribution in [0.3, 0.4) is 0 Å². The summed E-state index contributed by atoms with van der Waals surface area (Å²) in [5.41, 5.74) is 13.1. The van der Waals surface area contributed by atoms with Crippen LogP contribution in [0.2, 0.25) is 0 Å². The molecule has 260 valence electrons. The Kier molecular flexibility index (Phi) is 7.53. The molecule has 0 N–H and O–H groups in total. The molecule has 2 nitrogen and oxygen atoms in total. The zero-order chi connectivity index (χ0) is 37.0. The molecule has 0 aliphatic heterocycles. The van der Waals surface area contributed by atoms with Crippen molar-refractivity contribution in [1.29, 1.82) is 0 Å². The van der Waals surface area contributed by atoms with Crippen molar-refractivity contribution < 1.29 is 0 Å². The number of nitrogens with zero attached hydrogens (tertiary/aromatic N) is 2. The van der Waals surface area contributed by atoms with Crippen LogP contribution >= 0.6 is 0 Å². The molecular weight excluding hydrogens is 677 g/mol. The van der Waals surface area contributed by atoms with E-state index in [0.717, 1.165) is 44.3 Å². The van der Waals surface area contributed by atoms with E-state index in [1.807, 2.05) is 6.07 Å². The average molecular weight is 711 g/mol. The second-order valence-corrected chi connectivity index (χ2v) is 14.5. The van der Waals surface area contributed by atoms with Crippen molar-refractivity contribution >= 4 is 54.1 Å². The van der Waals surface area contributed by atoms with Gasteiger partial charge in [0.1, 0.15) is 0 Å². The molecule has 11 aromatic rings. The summed E-state index contributed by atoms with van der Waals surface area (Å²) in [5.74, 6) is 0. The molecule has 11 rings (SSSR count). The summed E-state index contributed by atoms with van der Waals surface area (Å²) in [7, 11) is 0. The highest BCUT2D eigenvalue weighted by Crippen LogP contribution is 2.46. The molecule has 0 spiro atoms. The van der Waals surface area contributed by atoms with Crippen LogP contribution in [0.5, 0.6) is 0 Å². The summed E-state index contributed by atoms with van der Waals surface area (Å²) >= 11 is 0. The predicted octanol–water partition coefficient (Wildman–Crippen LogP) is 14.6. The molecule has 0 radical (unpaired) electrons. The lowest BCUT2D eigenvalue weighted by molar-refractivity contribution is 1.37. The smallest absolute Gasteiger partial charge is 0.0972 e. The minimum absolute atomic E-state index is 0.908. The van der Waals surface area contributed by atoms with E-state index in [0.29, 0.717) is 0 Å². The van der Waals surface area contributed by atoms with Crippen LogP contribution < -0.4 is 0 Å². The second kappa shape index (κ2) is 13.2. The van der Waals surface area contributed by atoms with Crippen molar-refractivity contribution in [3.63, 3.8) is 0 Å². The summed E-state index contributed by atoms with van der Waals surface area (Å²) in [6.45, 7) is 0. The molecular formula is C54H34N2. The molecule has 2 heterocycles. The third kappa shape index (κ3) is 5.34.